The Kier molecular flexibility index (Phi) is 5.51. The standard InChI is InChI=1S/C16H20N2O3S/c1-3-11-4-6-12(7-5-11)15-13(22-16(21)17-15)10-18(2)9-8-14(19)20/h4-7H,3,8-10H2,1-2H3,(H,17,21)(H,19,20). The molecule has 0 radical (unpaired) electrons. The van der Waals surface area contributed by atoms with Crippen LogP contribution in [0.4, 0.5) is 0 Å². The molecule has 0 amide bonds. The highest BCUT2D eigenvalue weighted by atomic mass is 32.1. The Balaban J connectivity index is 2.18. The van der Waals surface area contributed by atoms with Crippen LogP contribution in [0.1, 0.15) is 23.8 Å². The van der Waals surface area contributed by atoms with Crippen molar-refractivity contribution in [3.05, 3.63) is 44.4 Å². The van der Waals surface area contributed by atoms with Gasteiger partial charge in [-0.15, -0.1) is 0 Å². The zero-order valence-electron chi connectivity index (χ0n) is 12.8. The van der Waals surface area contributed by atoms with Crippen molar-refractivity contribution >= 4 is 17.3 Å². The number of aromatic amines is 1. The first kappa shape index (κ1) is 16.5. The number of thiazole rings is 1. The minimum Gasteiger partial charge on any atom is -0.481 e. The molecule has 0 aliphatic carbocycles. The van der Waals surface area contributed by atoms with Crippen molar-refractivity contribution in [3.8, 4) is 11.3 Å². The van der Waals surface area contributed by atoms with E-state index >= 15 is 0 Å². The highest BCUT2D eigenvalue weighted by Crippen LogP contribution is 2.24. The summed E-state index contributed by atoms with van der Waals surface area (Å²) in [6.07, 6.45) is 1.07. The Hall–Kier alpha value is -1.92. The number of carboxylic acid groups (broad SMARTS) is 1. The van der Waals surface area contributed by atoms with Gasteiger partial charge in [-0.1, -0.05) is 42.5 Å². The zero-order chi connectivity index (χ0) is 16.1. The third-order valence-electron chi connectivity index (χ3n) is 3.49. The van der Waals surface area contributed by atoms with Gasteiger partial charge in [0.05, 0.1) is 12.1 Å². The maximum absolute atomic E-state index is 11.7. The Bertz CT molecular complexity index is 688. The van der Waals surface area contributed by atoms with Gasteiger partial charge in [-0.25, -0.2) is 0 Å². The molecule has 0 aliphatic heterocycles. The average molecular weight is 320 g/mol. The molecule has 1 aromatic heterocycles. The Morgan fingerprint density at radius 2 is 2.00 bits per heavy atom. The molecule has 5 nitrogen and oxygen atoms in total. The number of nitrogens with zero attached hydrogens (tertiary/aromatic N) is 1. The molecule has 1 aromatic carbocycles. The van der Waals surface area contributed by atoms with E-state index in [1.807, 2.05) is 24.1 Å². The number of aryl methyl sites for hydroxylation is 1. The van der Waals surface area contributed by atoms with Gasteiger partial charge in [0.15, 0.2) is 0 Å². The normalized spacial score (nSPS) is 11.0. The third kappa shape index (κ3) is 4.29. The topological polar surface area (TPSA) is 73.4 Å². The third-order valence-corrected chi connectivity index (χ3v) is 4.36. The van der Waals surface area contributed by atoms with Gasteiger partial charge in [-0.2, -0.15) is 0 Å². The summed E-state index contributed by atoms with van der Waals surface area (Å²) in [5.74, 6) is -0.815. The molecular weight excluding hydrogens is 300 g/mol. The predicted molar refractivity (Wildman–Crippen MR) is 88.3 cm³/mol. The molecule has 0 aliphatic rings. The number of aliphatic carboxylic acids is 1. The Morgan fingerprint density at radius 1 is 1.32 bits per heavy atom. The van der Waals surface area contributed by atoms with Gasteiger partial charge in [0, 0.05) is 18.0 Å². The van der Waals surface area contributed by atoms with Crippen molar-refractivity contribution in [2.45, 2.75) is 26.3 Å². The highest BCUT2D eigenvalue weighted by molar-refractivity contribution is 7.09. The van der Waals surface area contributed by atoms with Crippen LogP contribution in [0.15, 0.2) is 29.1 Å². The molecule has 1 heterocycles. The maximum Gasteiger partial charge on any atom is 0.305 e. The fraction of sp³-hybridized carbons (Fsp3) is 0.375. The van der Waals surface area contributed by atoms with Gasteiger partial charge >= 0.3 is 10.8 Å². The minimum absolute atomic E-state index is 0.0868. The van der Waals surface area contributed by atoms with Crippen LogP contribution in [-0.4, -0.2) is 34.6 Å². The van der Waals surface area contributed by atoms with E-state index in [1.54, 1.807) is 0 Å². The number of nitrogens with one attached hydrogen (secondary N) is 1. The van der Waals surface area contributed by atoms with Gasteiger partial charge < -0.3 is 15.0 Å². The average Bonchev–Trinajstić information content (AvgIpc) is 2.86. The summed E-state index contributed by atoms with van der Waals surface area (Å²) >= 11 is 1.18. The van der Waals surface area contributed by atoms with Crippen molar-refractivity contribution < 1.29 is 9.90 Å². The molecule has 2 aromatic rings. The molecular formula is C16H20N2O3S. The smallest absolute Gasteiger partial charge is 0.305 e. The van der Waals surface area contributed by atoms with Crippen LogP contribution < -0.4 is 4.87 Å². The lowest BCUT2D eigenvalue weighted by Crippen LogP contribution is -2.21. The van der Waals surface area contributed by atoms with E-state index in [9.17, 15) is 9.59 Å². The molecule has 0 saturated carbocycles. The summed E-state index contributed by atoms with van der Waals surface area (Å²) < 4.78 is 0. The van der Waals surface area contributed by atoms with E-state index in [1.165, 1.54) is 16.9 Å². The molecule has 0 spiro atoms. The summed E-state index contributed by atoms with van der Waals surface area (Å²) in [6.45, 7) is 3.11. The first-order chi connectivity index (χ1) is 10.5. The first-order valence-electron chi connectivity index (χ1n) is 7.21. The van der Waals surface area contributed by atoms with Gasteiger partial charge in [0.25, 0.3) is 0 Å². The number of carboxylic acids is 1. The number of hydrogen-bond donors (Lipinski definition) is 2. The SMILES string of the molecule is CCc1ccc(-c2[nH]c(=O)sc2CN(C)CCC(=O)O)cc1. The first-order valence-corrected chi connectivity index (χ1v) is 8.03. The van der Waals surface area contributed by atoms with Crippen LogP contribution in [0.25, 0.3) is 11.3 Å². The molecule has 0 unspecified atom stereocenters. The fourth-order valence-corrected chi connectivity index (χ4v) is 3.16. The summed E-state index contributed by atoms with van der Waals surface area (Å²) in [5, 5.41) is 8.73. The summed E-state index contributed by atoms with van der Waals surface area (Å²) in [5.41, 5.74) is 3.07. The van der Waals surface area contributed by atoms with Gasteiger partial charge in [0.1, 0.15) is 0 Å². The van der Waals surface area contributed by atoms with Crippen molar-refractivity contribution in [3.63, 3.8) is 0 Å². The molecule has 0 bridgehead atoms. The quantitative estimate of drug-likeness (QED) is 0.822. The molecule has 0 atom stereocenters. The van der Waals surface area contributed by atoms with Crippen LogP contribution in [0.2, 0.25) is 0 Å². The highest BCUT2D eigenvalue weighted by Gasteiger charge is 2.13. The number of carbonyl (C=O) groups is 1. The van der Waals surface area contributed by atoms with Crippen molar-refractivity contribution in [2.24, 2.45) is 0 Å². The van der Waals surface area contributed by atoms with Crippen molar-refractivity contribution in [2.75, 3.05) is 13.6 Å². The summed E-state index contributed by atoms with van der Waals surface area (Å²) in [7, 11) is 1.86. The summed E-state index contributed by atoms with van der Waals surface area (Å²) in [4.78, 5) is 28.0. The molecule has 0 fully saturated rings. The lowest BCUT2D eigenvalue weighted by molar-refractivity contribution is -0.137. The van der Waals surface area contributed by atoms with Gasteiger partial charge in [0.2, 0.25) is 0 Å². The zero-order valence-corrected chi connectivity index (χ0v) is 13.6. The van der Waals surface area contributed by atoms with E-state index in [0.29, 0.717) is 13.1 Å². The van der Waals surface area contributed by atoms with Crippen molar-refractivity contribution in [1.29, 1.82) is 0 Å². The second-order valence-corrected chi connectivity index (χ2v) is 6.31. The monoisotopic (exact) mass is 320 g/mol. The number of aromatic nitrogens is 1. The van der Waals surface area contributed by atoms with Crippen LogP contribution in [0.5, 0.6) is 0 Å². The lowest BCUT2D eigenvalue weighted by Gasteiger charge is -2.15. The number of benzene rings is 1. The summed E-state index contributed by atoms with van der Waals surface area (Å²) in [6, 6.07) is 8.14. The second kappa shape index (κ2) is 7.38. The van der Waals surface area contributed by atoms with Crippen LogP contribution in [0, 0.1) is 0 Å². The van der Waals surface area contributed by atoms with Crippen LogP contribution >= 0.6 is 11.3 Å². The fourth-order valence-electron chi connectivity index (χ4n) is 2.22. The van der Waals surface area contributed by atoms with Gasteiger partial charge in [-0.05, 0) is 24.6 Å². The molecule has 0 saturated heterocycles. The van der Waals surface area contributed by atoms with Crippen molar-refractivity contribution in [1.82, 2.24) is 9.88 Å². The maximum atomic E-state index is 11.7. The Morgan fingerprint density at radius 3 is 2.59 bits per heavy atom. The predicted octanol–water partition coefficient (Wildman–Crippen LogP) is 2.57. The molecule has 2 rings (SSSR count). The minimum atomic E-state index is -0.815. The largest absolute Gasteiger partial charge is 0.481 e. The van der Waals surface area contributed by atoms with E-state index in [-0.39, 0.29) is 11.3 Å². The number of hydrogen-bond acceptors (Lipinski definition) is 4. The lowest BCUT2D eigenvalue weighted by atomic mass is 10.1. The van der Waals surface area contributed by atoms with E-state index in [4.69, 9.17) is 5.11 Å². The van der Waals surface area contributed by atoms with Crippen LogP contribution in [0.3, 0.4) is 0 Å². The number of rotatable bonds is 7. The van der Waals surface area contributed by atoms with E-state index in [0.717, 1.165) is 22.6 Å². The van der Waals surface area contributed by atoms with E-state index in [2.05, 4.69) is 24.0 Å². The van der Waals surface area contributed by atoms with Gasteiger partial charge in [-0.3, -0.25) is 9.59 Å². The molecule has 6 heteroatoms. The van der Waals surface area contributed by atoms with Crippen LogP contribution in [-0.2, 0) is 17.8 Å². The molecule has 2 N–H and O–H groups in total. The van der Waals surface area contributed by atoms with E-state index < -0.39 is 5.97 Å². The number of H-pyrrole nitrogens is 1. The second-order valence-electron chi connectivity index (χ2n) is 5.24. The molecule has 118 valence electrons. The molecule has 22 heavy (non-hydrogen) atoms. The Labute approximate surface area is 133 Å².